The highest BCUT2D eigenvalue weighted by Gasteiger charge is 2.14. The van der Waals surface area contributed by atoms with Gasteiger partial charge in [0.1, 0.15) is 0 Å². The van der Waals surface area contributed by atoms with E-state index in [1.807, 2.05) is 0 Å². The van der Waals surface area contributed by atoms with Gasteiger partial charge < -0.3 is 14.9 Å². The van der Waals surface area contributed by atoms with E-state index in [-0.39, 0.29) is 24.4 Å². The Bertz CT molecular complexity index is 299. The van der Waals surface area contributed by atoms with Crippen molar-refractivity contribution in [1.29, 1.82) is 0 Å². The van der Waals surface area contributed by atoms with Crippen molar-refractivity contribution in [2.24, 2.45) is 0 Å². The Morgan fingerprint density at radius 3 is 2.29 bits per heavy atom. The highest BCUT2D eigenvalue weighted by molar-refractivity contribution is 5.94. The number of morpholine rings is 1. The molecule has 17 heavy (non-hydrogen) atoms. The zero-order valence-electron chi connectivity index (χ0n) is 9.29. The molecule has 1 heterocycles. The first-order valence-corrected chi connectivity index (χ1v) is 5.06. The summed E-state index contributed by atoms with van der Waals surface area (Å²) in [5.74, 6) is -2.39. The van der Waals surface area contributed by atoms with E-state index < -0.39 is 11.9 Å². The van der Waals surface area contributed by atoms with E-state index in [9.17, 15) is 9.59 Å². The van der Waals surface area contributed by atoms with Crippen molar-refractivity contribution in [1.82, 2.24) is 4.90 Å². The maximum absolute atomic E-state index is 10.7. The van der Waals surface area contributed by atoms with Crippen molar-refractivity contribution < 1.29 is 24.5 Å². The van der Waals surface area contributed by atoms with Gasteiger partial charge in [0.25, 0.3) is 0 Å². The third kappa shape index (κ3) is 6.25. The topological polar surface area (TPSA) is 87.1 Å². The Balaban J connectivity index is 0.00000256. The van der Waals surface area contributed by atoms with Crippen LogP contribution in [0.4, 0.5) is 0 Å². The minimum absolute atomic E-state index is 0. The molecular weight excluding hydrogens is 250 g/mol. The molecule has 0 bridgehead atoms. The second kappa shape index (κ2) is 8.05. The van der Waals surface area contributed by atoms with Gasteiger partial charge in [-0.25, -0.2) is 9.59 Å². The summed E-state index contributed by atoms with van der Waals surface area (Å²) in [6.07, 6.45) is 0.990. The van der Waals surface area contributed by atoms with Crippen LogP contribution in [0.5, 0.6) is 0 Å². The van der Waals surface area contributed by atoms with Gasteiger partial charge in [-0.05, 0) is 6.42 Å². The van der Waals surface area contributed by atoms with E-state index in [4.69, 9.17) is 14.9 Å². The Morgan fingerprint density at radius 1 is 1.24 bits per heavy atom. The lowest BCUT2D eigenvalue weighted by molar-refractivity contribution is -0.135. The van der Waals surface area contributed by atoms with Gasteiger partial charge in [-0.15, -0.1) is 12.4 Å². The van der Waals surface area contributed by atoms with E-state index in [0.717, 1.165) is 19.2 Å². The number of aliphatic carboxylic acids is 2. The van der Waals surface area contributed by atoms with Gasteiger partial charge in [0.2, 0.25) is 0 Å². The standard InChI is InChI=1S/C10H15NO5.ClH/c12-9(13)7-8(10(14)15)1-2-11-3-5-16-6-4-11;/h7H,1-6H2,(H,12,13)(H,14,15);1H/b8-7+;. The molecule has 0 amide bonds. The van der Waals surface area contributed by atoms with Gasteiger partial charge in [-0.3, -0.25) is 4.90 Å². The number of hydrogen-bond donors (Lipinski definition) is 2. The molecule has 0 unspecified atom stereocenters. The molecule has 98 valence electrons. The number of ether oxygens (including phenoxy) is 1. The number of halogens is 1. The summed E-state index contributed by atoms with van der Waals surface area (Å²) in [5, 5.41) is 17.3. The third-order valence-corrected chi connectivity index (χ3v) is 2.37. The van der Waals surface area contributed by atoms with Crippen LogP contribution in [0.1, 0.15) is 6.42 Å². The number of carbonyl (C=O) groups is 2. The van der Waals surface area contributed by atoms with E-state index in [1.54, 1.807) is 0 Å². The Labute approximate surface area is 105 Å². The maximum atomic E-state index is 10.7. The monoisotopic (exact) mass is 265 g/mol. The van der Waals surface area contributed by atoms with Gasteiger partial charge in [0.05, 0.1) is 13.2 Å². The summed E-state index contributed by atoms with van der Waals surface area (Å²) in [6.45, 7) is 3.37. The molecule has 1 rings (SSSR count). The molecule has 1 fully saturated rings. The smallest absolute Gasteiger partial charge is 0.331 e. The average molecular weight is 266 g/mol. The first kappa shape index (κ1) is 15.9. The van der Waals surface area contributed by atoms with Crippen LogP contribution >= 0.6 is 12.4 Å². The van der Waals surface area contributed by atoms with Crippen LogP contribution in [0.25, 0.3) is 0 Å². The predicted octanol–water partition coefficient (Wildman–Crippen LogP) is 0.226. The van der Waals surface area contributed by atoms with Crippen LogP contribution < -0.4 is 0 Å². The van der Waals surface area contributed by atoms with Crippen molar-refractivity contribution in [3.63, 3.8) is 0 Å². The highest BCUT2D eigenvalue weighted by Crippen LogP contribution is 2.05. The molecule has 0 aromatic heterocycles. The molecule has 7 heteroatoms. The molecule has 2 N–H and O–H groups in total. The second-order valence-corrected chi connectivity index (χ2v) is 3.52. The molecule has 0 radical (unpaired) electrons. The van der Waals surface area contributed by atoms with Crippen molar-refractivity contribution in [2.45, 2.75) is 6.42 Å². The molecule has 1 saturated heterocycles. The van der Waals surface area contributed by atoms with Gasteiger partial charge >= 0.3 is 11.9 Å². The molecular formula is C10H16ClNO5. The Hall–Kier alpha value is -1.11. The minimum Gasteiger partial charge on any atom is -0.478 e. The highest BCUT2D eigenvalue weighted by atomic mass is 35.5. The lowest BCUT2D eigenvalue weighted by Crippen LogP contribution is -2.37. The van der Waals surface area contributed by atoms with Crippen molar-refractivity contribution >= 4 is 24.3 Å². The van der Waals surface area contributed by atoms with Crippen LogP contribution in [-0.2, 0) is 14.3 Å². The van der Waals surface area contributed by atoms with Crippen molar-refractivity contribution in [3.05, 3.63) is 11.6 Å². The third-order valence-electron chi connectivity index (χ3n) is 2.37. The summed E-state index contributed by atoms with van der Waals surface area (Å²) in [4.78, 5) is 23.2. The first-order chi connectivity index (χ1) is 7.59. The molecule has 0 aromatic carbocycles. The summed E-state index contributed by atoms with van der Waals surface area (Å²) >= 11 is 0. The summed E-state index contributed by atoms with van der Waals surface area (Å²) in [6, 6.07) is 0. The number of carboxylic acids is 2. The number of rotatable bonds is 5. The van der Waals surface area contributed by atoms with Crippen LogP contribution in [-0.4, -0.2) is 59.9 Å². The van der Waals surface area contributed by atoms with Crippen LogP contribution in [0.2, 0.25) is 0 Å². The molecule has 0 atom stereocenters. The van der Waals surface area contributed by atoms with Gasteiger partial charge in [-0.2, -0.15) is 0 Å². The SMILES string of the molecule is Cl.O=C(O)/C=C(\CCN1CCOCC1)C(=O)O. The predicted molar refractivity (Wildman–Crippen MR) is 62.5 cm³/mol. The van der Waals surface area contributed by atoms with E-state index in [1.165, 1.54) is 0 Å². The van der Waals surface area contributed by atoms with Crippen LogP contribution in [0, 0.1) is 0 Å². The second-order valence-electron chi connectivity index (χ2n) is 3.52. The summed E-state index contributed by atoms with van der Waals surface area (Å²) in [7, 11) is 0. The molecule has 0 aromatic rings. The Kier molecular flexibility index (Phi) is 7.53. The average Bonchev–Trinajstić information content (AvgIpc) is 2.25. The van der Waals surface area contributed by atoms with E-state index >= 15 is 0 Å². The number of nitrogens with zero attached hydrogens (tertiary/aromatic N) is 1. The van der Waals surface area contributed by atoms with Gasteiger partial charge in [0, 0.05) is 31.3 Å². The minimum atomic E-state index is -1.22. The maximum Gasteiger partial charge on any atom is 0.331 e. The normalized spacial score (nSPS) is 17.3. The fraction of sp³-hybridized carbons (Fsp3) is 0.600. The summed E-state index contributed by atoms with van der Waals surface area (Å²) in [5.41, 5.74) is -0.0704. The van der Waals surface area contributed by atoms with Crippen LogP contribution in [0.15, 0.2) is 11.6 Å². The lowest BCUT2D eigenvalue weighted by atomic mass is 10.1. The molecule has 1 aliphatic rings. The van der Waals surface area contributed by atoms with E-state index in [0.29, 0.717) is 19.8 Å². The lowest BCUT2D eigenvalue weighted by Gasteiger charge is -2.26. The van der Waals surface area contributed by atoms with Gasteiger partial charge in [-0.1, -0.05) is 0 Å². The number of hydrogen-bond acceptors (Lipinski definition) is 4. The van der Waals surface area contributed by atoms with Crippen LogP contribution in [0.3, 0.4) is 0 Å². The molecule has 0 aliphatic carbocycles. The van der Waals surface area contributed by atoms with E-state index in [2.05, 4.69) is 4.90 Å². The molecule has 6 nitrogen and oxygen atoms in total. The van der Waals surface area contributed by atoms with Crippen molar-refractivity contribution in [3.8, 4) is 0 Å². The largest absolute Gasteiger partial charge is 0.478 e. The number of carboxylic acid groups (broad SMARTS) is 2. The van der Waals surface area contributed by atoms with Gasteiger partial charge in [0.15, 0.2) is 0 Å². The molecule has 0 spiro atoms. The zero-order valence-corrected chi connectivity index (χ0v) is 10.1. The fourth-order valence-corrected chi connectivity index (χ4v) is 1.49. The quantitative estimate of drug-likeness (QED) is 0.692. The summed E-state index contributed by atoms with van der Waals surface area (Å²) < 4.78 is 5.15. The van der Waals surface area contributed by atoms with Crippen molar-refractivity contribution in [2.75, 3.05) is 32.8 Å². The Morgan fingerprint density at radius 2 is 1.82 bits per heavy atom. The zero-order chi connectivity index (χ0) is 12.0. The fourth-order valence-electron chi connectivity index (χ4n) is 1.49. The molecule has 0 saturated carbocycles. The molecule has 1 aliphatic heterocycles. The first-order valence-electron chi connectivity index (χ1n) is 5.06.